The standard InChI is InChI=1S/C19H20N2O2/c1-22-17-7-8-19-15(9-17)12-21(20-19)16-10-18(11-16)23-13-14-5-3-2-4-6-14/h2-9,12,16,18H,10-11,13H2,1H3/t16-,18+. The minimum atomic E-state index is 0.335. The Morgan fingerprint density at radius 1 is 1.13 bits per heavy atom. The third kappa shape index (κ3) is 2.94. The van der Waals surface area contributed by atoms with Gasteiger partial charge < -0.3 is 9.47 Å². The highest BCUT2D eigenvalue weighted by molar-refractivity contribution is 5.79. The van der Waals surface area contributed by atoms with Crippen molar-refractivity contribution >= 4 is 10.9 Å². The lowest BCUT2D eigenvalue weighted by Gasteiger charge is -2.35. The SMILES string of the molecule is COc1ccc2nn([C@H]3C[C@@H](OCc4ccccc4)C3)cc2c1. The van der Waals surface area contributed by atoms with E-state index in [1.807, 2.05) is 36.4 Å². The van der Waals surface area contributed by atoms with E-state index in [-0.39, 0.29) is 0 Å². The summed E-state index contributed by atoms with van der Waals surface area (Å²) in [6, 6.07) is 16.7. The Labute approximate surface area is 135 Å². The molecule has 1 saturated carbocycles. The van der Waals surface area contributed by atoms with Crippen molar-refractivity contribution in [3.8, 4) is 5.75 Å². The summed E-state index contributed by atoms with van der Waals surface area (Å²) in [5.41, 5.74) is 2.24. The van der Waals surface area contributed by atoms with Crippen LogP contribution < -0.4 is 4.74 Å². The second kappa shape index (κ2) is 6.05. The number of rotatable bonds is 5. The van der Waals surface area contributed by atoms with Gasteiger partial charge in [-0.3, -0.25) is 4.68 Å². The molecule has 0 bridgehead atoms. The Morgan fingerprint density at radius 3 is 2.74 bits per heavy atom. The topological polar surface area (TPSA) is 36.3 Å². The number of fused-ring (bicyclic) bond motifs is 1. The van der Waals surface area contributed by atoms with Crippen LogP contribution in [0.1, 0.15) is 24.4 Å². The highest BCUT2D eigenvalue weighted by Gasteiger charge is 2.32. The molecule has 0 amide bonds. The van der Waals surface area contributed by atoms with Crippen LogP contribution in [-0.4, -0.2) is 23.0 Å². The molecule has 1 fully saturated rings. The fourth-order valence-corrected chi connectivity index (χ4v) is 3.02. The van der Waals surface area contributed by atoms with Gasteiger partial charge in [-0.15, -0.1) is 0 Å². The molecule has 4 heteroatoms. The van der Waals surface area contributed by atoms with Crippen LogP contribution in [0.4, 0.5) is 0 Å². The largest absolute Gasteiger partial charge is 0.497 e. The summed E-state index contributed by atoms with van der Waals surface area (Å²) in [6.07, 6.45) is 4.49. The molecule has 0 aliphatic heterocycles. The van der Waals surface area contributed by atoms with Gasteiger partial charge in [-0.2, -0.15) is 5.10 Å². The van der Waals surface area contributed by atoms with Gasteiger partial charge in [0.05, 0.1) is 31.4 Å². The van der Waals surface area contributed by atoms with E-state index >= 15 is 0 Å². The summed E-state index contributed by atoms with van der Waals surface area (Å²) in [4.78, 5) is 0. The average molecular weight is 308 g/mol. The first kappa shape index (κ1) is 14.3. The van der Waals surface area contributed by atoms with E-state index in [0.29, 0.717) is 18.8 Å². The Kier molecular flexibility index (Phi) is 3.75. The number of hydrogen-bond donors (Lipinski definition) is 0. The van der Waals surface area contributed by atoms with E-state index < -0.39 is 0 Å². The van der Waals surface area contributed by atoms with E-state index in [0.717, 1.165) is 29.5 Å². The second-order valence-corrected chi connectivity index (χ2v) is 6.08. The fourth-order valence-electron chi connectivity index (χ4n) is 3.02. The molecule has 0 saturated heterocycles. The summed E-state index contributed by atoms with van der Waals surface area (Å²) in [7, 11) is 1.69. The Balaban J connectivity index is 1.36. The van der Waals surface area contributed by atoms with E-state index in [1.165, 1.54) is 5.56 Å². The van der Waals surface area contributed by atoms with Crippen molar-refractivity contribution in [2.75, 3.05) is 7.11 Å². The number of nitrogens with zero attached hydrogens (tertiary/aromatic N) is 2. The van der Waals surface area contributed by atoms with Gasteiger partial charge in [0.1, 0.15) is 5.75 Å². The summed E-state index contributed by atoms with van der Waals surface area (Å²) >= 11 is 0. The van der Waals surface area contributed by atoms with Crippen LogP contribution in [0.2, 0.25) is 0 Å². The number of ether oxygens (including phenoxy) is 2. The molecule has 1 aliphatic rings. The first-order valence-electron chi connectivity index (χ1n) is 8.00. The Hall–Kier alpha value is -2.33. The van der Waals surface area contributed by atoms with E-state index in [9.17, 15) is 0 Å². The van der Waals surface area contributed by atoms with Gasteiger partial charge in [-0.05, 0) is 36.6 Å². The van der Waals surface area contributed by atoms with Crippen molar-refractivity contribution in [2.45, 2.75) is 31.6 Å². The molecule has 0 atom stereocenters. The van der Waals surface area contributed by atoms with Crippen molar-refractivity contribution < 1.29 is 9.47 Å². The van der Waals surface area contributed by atoms with Crippen LogP contribution in [0.3, 0.4) is 0 Å². The number of aromatic nitrogens is 2. The third-order valence-corrected chi connectivity index (χ3v) is 4.50. The van der Waals surface area contributed by atoms with Crippen LogP contribution in [0.15, 0.2) is 54.7 Å². The maximum Gasteiger partial charge on any atom is 0.119 e. The highest BCUT2D eigenvalue weighted by Crippen LogP contribution is 2.35. The summed E-state index contributed by atoms with van der Waals surface area (Å²) < 4.78 is 13.3. The third-order valence-electron chi connectivity index (χ3n) is 4.50. The molecule has 0 N–H and O–H groups in total. The molecule has 4 rings (SSSR count). The van der Waals surface area contributed by atoms with Gasteiger partial charge in [0.25, 0.3) is 0 Å². The molecule has 0 unspecified atom stereocenters. The van der Waals surface area contributed by atoms with Crippen molar-refractivity contribution in [1.29, 1.82) is 0 Å². The molecular weight excluding hydrogens is 288 g/mol. The van der Waals surface area contributed by atoms with Gasteiger partial charge in [-0.25, -0.2) is 0 Å². The Morgan fingerprint density at radius 2 is 1.96 bits per heavy atom. The summed E-state index contributed by atoms with van der Waals surface area (Å²) in [5.74, 6) is 0.870. The highest BCUT2D eigenvalue weighted by atomic mass is 16.5. The lowest BCUT2D eigenvalue weighted by molar-refractivity contribution is -0.0382. The molecule has 0 radical (unpaired) electrons. The van der Waals surface area contributed by atoms with Gasteiger partial charge in [0.2, 0.25) is 0 Å². The van der Waals surface area contributed by atoms with Crippen LogP contribution in [0, 0.1) is 0 Å². The maximum absolute atomic E-state index is 5.97. The van der Waals surface area contributed by atoms with Crippen molar-refractivity contribution in [3.05, 3.63) is 60.3 Å². The molecule has 1 aliphatic carbocycles. The fraction of sp³-hybridized carbons (Fsp3) is 0.316. The minimum Gasteiger partial charge on any atom is -0.497 e. The maximum atomic E-state index is 5.97. The lowest BCUT2D eigenvalue weighted by atomic mass is 9.89. The van der Waals surface area contributed by atoms with Crippen LogP contribution in [0.5, 0.6) is 5.75 Å². The smallest absolute Gasteiger partial charge is 0.119 e. The van der Waals surface area contributed by atoms with Gasteiger partial charge in [-0.1, -0.05) is 30.3 Å². The molecule has 2 aromatic carbocycles. The zero-order chi connectivity index (χ0) is 15.6. The van der Waals surface area contributed by atoms with E-state index in [4.69, 9.17) is 9.47 Å². The summed E-state index contributed by atoms with van der Waals surface area (Å²) in [5, 5.41) is 5.79. The van der Waals surface area contributed by atoms with Crippen LogP contribution in [-0.2, 0) is 11.3 Å². The van der Waals surface area contributed by atoms with E-state index in [1.54, 1.807) is 7.11 Å². The van der Waals surface area contributed by atoms with Gasteiger partial charge in [0.15, 0.2) is 0 Å². The zero-order valence-corrected chi connectivity index (χ0v) is 13.2. The average Bonchev–Trinajstić information content (AvgIpc) is 2.96. The number of hydrogen-bond acceptors (Lipinski definition) is 3. The van der Waals surface area contributed by atoms with Crippen LogP contribution in [0.25, 0.3) is 10.9 Å². The number of methoxy groups -OCH3 is 1. The monoisotopic (exact) mass is 308 g/mol. The predicted octanol–water partition coefficient (Wildman–Crippen LogP) is 3.97. The van der Waals surface area contributed by atoms with Crippen LogP contribution >= 0.6 is 0 Å². The molecule has 23 heavy (non-hydrogen) atoms. The van der Waals surface area contributed by atoms with Gasteiger partial charge >= 0.3 is 0 Å². The molecule has 118 valence electrons. The summed E-state index contributed by atoms with van der Waals surface area (Å²) in [6.45, 7) is 0.691. The molecule has 3 aromatic rings. The van der Waals surface area contributed by atoms with E-state index in [2.05, 4.69) is 28.1 Å². The Bertz CT molecular complexity index is 791. The predicted molar refractivity (Wildman–Crippen MR) is 89.6 cm³/mol. The van der Waals surface area contributed by atoms with Crippen molar-refractivity contribution in [2.24, 2.45) is 0 Å². The first-order chi connectivity index (χ1) is 11.3. The van der Waals surface area contributed by atoms with Crippen molar-refractivity contribution in [3.63, 3.8) is 0 Å². The minimum absolute atomic E-state index is 0.335. The lowest BCUT2D eigenvalue weighted by Crippen LogP contribution is -2.33. The molecular formula is C19H20N2O2. The molecule has 1 aromatic heterocycles. The molecule has 0 spiro atoms. The second-order valence-electron chi connectivity index (χ2n) is 6.08. The number of benzene rings is 2. The quantitative estimate of drug-likeness (QED) is 0.715. The molecule has 4 nitrogen and oxygen atoms in total. The first-order valence-corrected chi connectivity index (χ1v) is 8.00. The normalized spacial score (nSPS) is 20.4. The van der Waals surface area contributed by atoms with Gasteiger partial charge in [0, 0.05) is 11.6 Å². The zero-order valence-electron chi connectivity index (χ0n) is 13.2. The van der Waals surface area contributed by atoms with Crippen molar-refractivity contribution in [1.82, 2.24) is 9.78 Å². The molecule has 1 heterocycles.